The normalized spacial score (nSPS) is 11.4. The van der Waals surface area contributed by atoms with Gasteiger partial charge in [0.25, 0.3) is 0 Å². The predicted octanol–water partition coefficient (Wildman–Crippen LogP) is 3.02. The Labute approximate surface area is 111 Å². The predicted molar refractivity (Wildman–Crippen MR) is 63.8 cm³/mol. The van der Waals surface area contributed by atoms with E-state index in [-0.39, 0.29) is 11.7 Å². The smallest absolute Gasteiger partial charge is 0.329 e. The molecule has 0 aliphatic heterocycles. The molecule has 0 atom stereocenters. The van der Waals surface area contributed by atoms with Crippen LogP contribution in [0.5, 0.6) is 0 Å². The largest absolute Gasteiger partial charge is 0.471 e. The number of nitrogens with zero attached hydrogens (tertiary/aromatic N) is 2. The van der Waals surface area contributed by atoms with Crippen molar-refractivity contribution >= 4 is 11.6 Å². The Bertz CT molecular complexity index is 650. The molecule has 0 spiro atoms. The Morgan fingerprint density at radius 2 is 2.05 bits per heavy atom. The molecule has 1 aromatic carbocycles. The van der Waals surface area contributed by atoms with Crippen LogP contribution in [-0.4, -0.2) is 16.0 Å². The van der Waals surface area contributed by atoms with Gasteiger partial charge >= 0.3 is 12.1 Å². The van der Waals surface area contributed by atoms with Gasteiger partial charge in [0.1, 0.15) is 0 Å². The second-order valence-corrected chi connectivity index (χ2v) is 4.13. The summed E-state index contributed by atoms with van der Waals surface area (Å²) in [6.07, 6.45) is -4.67. The first-order valence-corrected chi connectivity index (χ1v) is 5.57. The molecule has 0 unspecified atom stereocenters. The molecular weight excluding hydrogens is 275 g/mol. The van der Waals surface area contributed by atoms with Crippen LogP contribution in [0, 0.1) is 6.92 Å². The summed E-state index contributed by atoms with van der Waals surface area (Å²) < 4.78 is 41.2. The molecular formula is C12H10F3N3O2. The molecule has 0 saturated carbocycles. The minimum absolute atomic E-state index is 0.158. The highest BCUT2D eigenvalue weighted by Crippen LogP contribution is 2.30. The van der Waals surface area contributed by atoms with Gasteiger partial charge in [0.15, 0.2) is 0 Å². The van der Waals surface area contributed by atoms with E-state index < -0.39 is 12.1 Å². The molecule has 0 aliphatic carbocycles. The third-order valence-corrected chi connectivity index (χ3v) is 2.46. The molecule has 0 aliphatic rings. The molecule has 106 valence electrons. The Morgan fingerprint density at radius 3 is 2.55 bits per heavy atom. The minimum Gasteiger partial charge on any atom is -0.329 e. The van der Waals surface area contributed by atoms with Gasteiger partial charge in [-0.3, -0.25) is 4.79 Å². The molecule has 2 rings (SSSR count). The van der Waals surface area contributed by atoms with Gasteiger partial charge in [0, 0.05) is 18.2 Å². The first kappa shape index (κ1) is 14.0. The fraction of sp³-hybridized carbons (Fsp3) is 0.250. The van der Waals surface area contributed by atoms with Gasteiger partial charge in [-0.2, -0.15) is 18.2 Å². The first-order chi connectivity index (χ1) is 9.27. The van der Waals surface area contributed by atoms with Gasteiger partial charge < -0.3 is 9.84 Å². The first-order valence-electron chi connectivity index (χ1n) is 5.57. The summed E-state index contributed by atoms with van der Waals surface area (Å²) in [5.74, 6) is -1.79. The van der Waals surface area contributed by atoms with E-state index in [1.165, 1.54) is 13.0 Å². The summed E-state index contributed by atoms with van der Waals surface area (Å²) in [6.45, 7) is 3.07. The van der Waals surface area contributed by atoms with Crippen molar-refractivity contribution in [3.05, 3.63) is 29.7 Å². The minimum atomic E-state index is -4.67. The number of nitrogens with one attached hydrogen (secondary N) is 1. The molecule has 1 heterocycles. The number of carbonyl (C=O) groups excluding carboxylic acids is 1. The van der Waals surface area contributed by atoms with E-state index in [9.17, 15) is 18.0 Å². The summed E-state index contributed by atoms with van der Waals surface area (Å²) in [6, 6.07) is 4.63. The van der Waals surface area contributed by atoms with Crippen molar-refractivity contribution in [2.24, 2.45) is 0 Å². The van der Waals surface area contributed by atoms with Crippen LogP contribution in [-0.2, 0) is 11.0 Å². The number of hydrogen-bond donors (Lipinski definition) is 1. The van der Waals surface area contributed by atoms with Crippen LogP contribution in [0.3, 0.4) is 0 Å². The Balaban J connectivity index is 2.32. The van der Waals surface area contributed by atoms with Crippen LogP contribution in [0.2, 0.25) is 0 Å². The van der Waals surface area contributed by atoms with Crippen LogP contribution in [0.15, 0.2) is 22.7 Å². The molecule has 8 heteroatoms. The summed E-state index contributed by atoms with van der Waals surface area (Å²) in [7, 11) is 0. The van der Waals surface area contributed by atoms with Crippen molar-refractivity contribution in [2.75, 3.05) is 5.32 Å². The standard InChI is InChI=1S/C12H10F3N3O2/c1-6-5-8(3-4-9(6)16-7(2)19)10-17-11(20-18-10)12(13,14)15/h3-5H,1-2H3,(H,16,19). The highest BCUT2D eigenvalue weighted by molar-refractivity contribution is 5.89. The zero-order valence-electron chi connectivity index (χ0n) is 10.6. The Hall–Kier alpha value is -2.38. The molecule has 1 aromatic heterocycles. The van der Waals surface area contributed by atoms with E-state index >= 15 is 0 Å². The van der Waals surface area contributed by atoms with Crippen molar-refractivity contribution in [2.45, 2.75) is 20.0 Å². The van der Waals surface area contributed by atoms with Crippen LogP contribution in [0.4, 0.5) is 18.9 Å². The summed E-state index contributed by atoms with van der Waals surface area (Å²) >= 11 is 0. The maximum Gasteiger partial charge on any atom is 0.471 e. The van der Waals surface area contributed by atoms with Crippen molar-refractivity contribution in [3.63, 3.8) is 0 Å². The highest BCUT2D eigenvalue weighted by atomic mass is 19.4. The summed E-state index contributed by atoms with van der Waals surface area (Å²) in [4.78, 5) is 14.3. The molecule has 1 amide bonds. The van der Waals surface area contributed by atoms with E-state index in [1.54, 1.807) is 19.1 Å². The number of hydrogen-bond acceptors (Lipinski definition) is 4. The highest BCUT2D eigenvalue weighted by Gasteiger charge is 2.38. The van der Waals surface area contributed by atoms with E-state index in [1.807, 2.05) is 0 Å². The van der Waals surface area contributed by atoms with Crippen molar-refractivity contribution < 1.29 is 22.5 Å². The number of halogens is 3. The van der Waals surface area contributed by atoms with Gasteiger partial charge in [-0.1, -0.05) is 5.16 Å². The SMILES string of the molecule is CC(=O)Nc1ccc(-c2noc(C(F)(F)F)n2)cc1C. The van der Waals surface area contributed by atoms with Gasteiger partial charge in [-0.15, -0.1) is 0 Å². The summed E-state index contributed by atoms with van der Waals surface area (Å²) in [5.41, 5.74) is 1.62. The number of amides is 1. The molecule has 2 aromatic rings. The molecule has 0 radical (unpaired) electrons. The average Bonchev–Trinajstić information content (AvgIpc) is 2.80. The number of rotatable bonds is 2. The number of benzene rings is 1. The molecule has 0 fully saturated rings. The van der Waals surface area contributed by atoms with Crippen LogP contribution in [0.1, 0.15) is 18.4 Å². The second-order valence-electron chi connectivity index (χ2n) is 4.13. The topological polar surface area (TPSA) is 68.0 Å². The second kappa shape index (κ2) is 4.95. The number of aromatic nitrogens is 2. The maximum atomic E-state index is 12.4. The van der Waals surface area contributed by atoms with E-state index in [2.05, 4.69) is 20.0 Å². The lowest BCUT2D eigenvalue weighted by Crippen LogP contribution is -2.07. The fourth-order valence-corrected chi connectivity index (χ4v) is 1.59. The molecule has 0 bridgehead atoms. The van der Waals surface area contributed by atoms with Crippen molar-refractivity contribution in [1.82, 2.24) is 10.1 Å². The van der Waals surface area contributed by atoms with Gasteiger partial charge in [0.05, 0.1) is 0 Å². The van der Waals surface area contributed by atoms with Crippen molar-refractivity contribution in [3.8, 4) is 11.4 Å². The quantitative estimate of drug-likeness (QED) is 0.920. The van der Waals surface area contributed by atoms with Crippen LogP contribution in [0.25, 0.3) is 11.4 Å². The zero-order valence-corrected chi connectivity index (χ0v) is 10.6. The lowest BCUT2D eigenvalue weighted by molar-refractivity contribution is -0.159. The maximum absolute atomic E-state index is 12.4. The van der Waals surface area contributed by atoms with Crippen LogP contribution < -0.4 is 5.32 Å². The monoisotopic (exact) mass is 285 g/mol. The Morgan fingerprint density at radius 1 is 1.35 bits per heavy atom. The molecule has 0 saturated heterocycles. The van der Waals surface area contributed by atoms with Crippen molar-refractivity contribution in [1.29, 1.82) is 0 Å². The molecule has 20 heavy (non-hydrogen) atoms. The number of alkyl halides is 3. The summed E-state index contributed by atoms with van der Waals surface area (Å²) in [5, 5.41) is 5.89. The number of carbonyl (C=O) groups is 1. The van der Waals surface area contributed by atoms with Gasteiger partial charge in [-0.05, 0) is 30.7 Å². The van der Waals surface area contributed by atoms with Crippen LogP contribution >= 0.6 is 0 Å². The molecule has 5 nitrogen and oxygen atoms in total. The van der Waals surface area contributed by atoms with E-state index in [0.717, 1.165) is 0 Å². The molecule has 1 N–H and O–H groups in total. The van der Waals surface area contributed by atoms with E-state index in [4.69, 9.17) is 0 Å². The average molecular weight is 285 g/mol. The fourth-order valence-electron chi connectivity index (χ4n) is 1.59. The van der Waals surface area contributed by atoms with E-state index in [0.29, 0.717) is 16.8 Å². The Kier molecular flexibility index (Phi) is 3.47. The third kappa shape index (κ3) is 2.95. The van der Waals surface area contributed by atoms with Gasteiger partial charge in [0.2, 0.25) is 11.7 Å². The number of aryl methyl sites for hydroxylation is 1. The lowest BCUT2D eigenvalue weighted by Gasteiger charge is -2.06. The lowest BCUT2D eigenvalue weighted by atomic mass is 10.1. The third-order valence-electron chi connectivity index (χ3n) is 2.46. The number of anilines is 1. The zero-order chi connectivity index (χ0) is 14.9. The van der Waals surface area contributed by atoms with Gasteiger partial charge in [-0.25, -0.2) is 0 Å².